The van der Waals surface area contributed by atoms with E-state index in [1.807, 2.05) is 127 Å². The van der Waals surface area contributed by atoms with Gasteiger partial charge in [-0.3, -0.25) is 9.59 Å². The van der Waals surface area contributed by atoms with Crippen molar-refractivity contribution in [1.82, 2.24) is 0 Å². The van der Waals surface area contributed by atoms with Crippen molar-refractivity contribution in [3.05, 3.63) is 195 Å². The Hall–Kier alpha value is -8.50. The zero-order valence-electron chi connectivity index (χ0n) is 32.4. The van der Waals surface area contributed by atoms with E-state index in [-0.39, 0.29) is 28.3 Å². The number of Topliss-reactive ketones (excluding diaryl/α,β-unsaturated/α-hetero) is 1. The molecule has 2 aliphatic heterocycles. The molecule has 2 atom stereocenters. The largest absolute Gasteiger partial charge is 0.506 e. The van der Waals surface area contributed by atoms with Crippen molar-refractivity contribution >= 4 is 68.0 Å². The quantitative estimate of drug-likeness (QED) is 0.110. The van der Waals surface area contributed by atoms with Crippen LogP contribution in [0.1, 0.15) is 38.2 Å². The minimum Gasteiger partial charge on any atom is -0.506 e. The molecule has 10 heteroatoms. The lowest BCUT2D eigenvalue weighted by atomic mass is 9.79. The van der Waals surface area contributed by atoms with Crippen LogP contribution in [0.5, 0.6) is 5.75 Å². The summed E-state index contributed by atoms with van der Waals surface area (Å²) < 4.78 is 5.61. The predicted molar refractivity (Wildman–Crippen MR) is 236 cm³/mol. The van der Waals surface area contributed by atoms with Gasteiger partial charge < -0.3 is 30.9 Å². The Labute approximate surface area is 351 Å². The average Bonchev–Trinajstić information content (AvgIpc) is 3.71. The highest BCUT2D eigenvalue weighted by Gasteiger charge is 2.51. The number of ketones is 1. The molecule has 3 aliphatic carbocycles. The number of nitrogens with zero attached hydrogens (tertiary/aromatic N) is 1. The molecule has 8 aromatic carbocycles. The van der Waals surface area contributed by atoms with Crippen molar-refractivity contribution in [3.63, 3.8) is 0 Å². The topological polar surface area (TPSA) is 149 Å². The molecule has 0 fully saturated rings. The first-order chi connectivity index (χ1) is 30.3. The summed E-state index contributed by atoms with van der Waals surface area (Å²) in [4.78, 5) is 45.3. The van der Waals surface area contributed by atoms with Gasteiger partial charge >= 0.3 is 5.97 Å². The number of carbonyl (C=O) groups excluding carboxylic acids is 2. The molecular formula is C52H30N4O6. The van der Waals surface area contributed by atoms with Crippen LogP contribution in [-0.4, -0.2) is 28.4 Å². The van der Waals surface area contributed by atoms with Gasteiger partial charge in [-0.2, -0.15) is 0 Å². The fourth-order valence-corrected chi connectivity index (χ4v) is 10.8. The van der Waals surface area contributed by atoms with Gasteiger partial charge in [-0.1, -0.05) is 121 Å². The van der Waals surface area contributed by atoms with E-state index in [2.05, 4.69) is 16.0 Å². The van der Waals surface area contributed by atoms with Crippen LogP contribution in [0.2, 0.25) is 0 Å². The second-order valence-corrected chi connectivity index (χ2v) is 16.1. The zero-order chi connectivity index (χ0) is 41.6. The smallest absolute Gasteiger partial charge is 0.336 e. The number of fused-ring (bicyclic) bond motifs is 10. The Morgan fingerprint density at radius 2 is 1.26 bits per heavy atom. The monoisotopic (exact) mass is 806 g/mol. The second-order valence-electron chi connectivity index (χ2n) is 16.1. The highest BCUT2D eigenvalue weighted by Crippen LogP contribution is 2.57. The SMILES string of the molecule is O=COc1cccc2c1C1(N=c3/c(=C4\C(=O)C(c5ccc6cccc7c6c5NC5(N7)c6ccccc6-c6cccc(C(=O)O)c65)=C4O)ccc4cccc(c34)N1)c1ccccc1-2. The van der Waals surface area contributed by atoms with E-state index in [9.17, 15) is 24.6 Å². The molecule has 0 aromatic heterocycles. The minimum atomic E-state index is -1.24. The summed E-state index contributed by atoms with van der Waals surface area (Å²) in [6, 6.07) is 45.9. The van der Waals surface area contributed by atoms with Crippen LogP contribution in [0.15, 0.2) is 156 Å². The summed E-state index contributed by atoms with van der Waals surface area (Å²) in [5, 5.41) is 38.4. The molecule has 0 bridgehead atoms. The van der Waals surface area contributed by atoms with E-state index in [1.54, 1.807) is 18.2 Å². The second kappa shape index (κ2) is 11.8. The number of ether oxygens (including phenoxy) is 1. The highest BCUT2D eigenvalue weighted by molar-refractivity contribution is 6.52. The summed E-state index contributed by atoms with van der Waals surface area (Å²) in [5.74, 6) is -1.26. The number of hydrogen-bond donors (Lipinski definition) is 5. The summed E-state index contributed by atoms with van der Waals surface area (Å²) in [6.07, 6.45) is 0. The van der Waals surface area contributed by atoms with Gasteiger partial charge in [-0.05, 0) is 57.3 Å². The summed E-state index contributed by atoms with van der Waals surface area (Å²) >= 11 is 0. The summed E-state index contributed by atoms with van der Waals surface area (Å²) in [6.45, 7) is 0.410. The highest BCUT2D eigenvalue weighted by atomic mass is 16.5. The standard InChI is InChI=1S/C52H30N4O6/c57-25-62-39-20-8-14-31-29-12-2-4-17-36(29)52(45(31)39)54-38-19-6-10-27-22-24-33(47(56-52)41(27)38)43-48(58)42(49(43)59)32-23-21-26-9-5-18-37-40(26)46(32)55-51(53-37)35-16-3-1-11-28(35)30-13-7-15-34(44(30)51)50(60)61/h1-25,53-55,58H,(H,60,61)/b43-33-. The van der Waals surface area contributed by atoms with Crippen molar-refractivity contribution in [1.29, 1.82) is 0 Å². The Bertz CT molecular complexity index is 3650. The first-order valence-electron chi connectivity index (χ1n) is 20.2. The van der Waals surface area contributed by atoms with E-state index < -0.39 is 17.3 Å². The Morgan fingerprint density at radius 1 is 0.613 bits per heavy atom. The van der Waals surface area contributed by atoms with Gasteiger partial charge in [0.15, 0.2) is 11.3 Å². The average molecular weight is 807 g/mol. The van der Waals surface area contributed by atoms with Gasteiger partial charge in [-0.15, -0.1) is 0 Å². The molecular weight excluding hydrogens is 777 g/mol. The molecule has 2 unspecified atom stereocenters. The molecule has 0 amide bonds. The van der Waals surface area contributed by atoms with Crippen molar-refractivity contribution < 1.29 is 29.3 Å². The van der Waals surface area contributed by atoms with Crippen molar-refractivity contribution in [2.24, 2.45) is 4.99 Å². The molecule has 10 nitrogen and oxygen atoms in total. The maximum Gasteiger partial charge on any atom is 0.336 e. The molecule has 2 heterocycles. The van der Waals surface area contributed by atoms with Gasteiger partial charge in [0.1, 0.15) is 11.5 Å². The first kappa shape index (κ1) is 34.4. The maximum absolute atomic E-state index is 15.0. The number of aliphatic hydroxyl groups excluding tert-OH is 1. The number of aromatic carboxylic acids is 1. The van der Waals surface area contributed by atoms with E-state index in [4.69, 9.17) is 9.73 Å². The number of nitrogens with one attached hydrogen (secondary N) is 3. The third-order valence-corrected chi connectivity index (χ3v) is 13.2. The number of anilines is 3. The van der Waals surface area contributed by atoms with Crippen LogP contribution >= 0.6 is 0 Å². The molecule has 294 valence electrons. The molecule has 0 saturated heterocycles. The van der Waals surface area contributed by atoms with Crippen LogP contribution in [0.4, 0.5) is 17.1 Å². The number of carbonyl (C=O) groups is 3. The summed E-state index contributed by atoms with van der Waals surface area (Å²) in [7, 11) is 0. The van der Waals surface area contributed by atoms with Crippen molar-refractivity contribution in [2.75, 3.05) is 16.0 Å². The molecule has 5 N–H and O–H groups in total. The number of carboxylic acids is 1. The predicted octanol–water partition coefficient (Wildman–Crippen LogP) is 8.58. The number of aliphatic hydroxyl groups is 1. The fraction of sp³-hybridized carbons (Fsp3) is 0.0385. The van der Waals surface area contributed by atoms with Gasteiger partial charge in [0.05, 0.1) is 33.3 Å². The Kier molecular flexibility index (Phi) is 6.56. The van der Waals surface area contributed by atoms with Crippen LogP contribution in [0, 0.1) is 0 Å². The molecule has 62 heavy (non-hydrogen) atoms. The number of benzene rings is 8. The normalized spacial score (nSPS) is 20.0. The fourth-order valence-electron chi connectivity index (χ4n) is 10.8. The lowest BCUT2D eigenvalue weighted by molar-refractivity contribution is -0.120. The molecule has 0 radical (unpaired) electrons. The van der Waals surface area contributed by atoms with E-state index in [1.165, 1.54) is 0 Å². The molecule has 13 rings (SSSR count). The zero-order valence-corrected chi connectivity index (χ0v) is 32.4. The van der Waals surface area contributed by atoms with Gasteiger partial charge in [-0.25, -0.2) is 9.79 Å². The minimum absolute atomic E-state index is 0.130. The molecule has 0 saturated carbocycles. The Balaban J connectivity index is 1.07. The van der Waals surface area contributed by atoms with E-state index in [0.29, 0.717) is 45.2 Å². The molecule has 2 spiro atoms. The van der Waals surface area contributed by atoms with Crippen LogP contribution in [-0.2, 0) is 20.9 Å². The molecule has 5 aliphatic rings. The maximum atomic E-state index is 15.0. The number of rotatable bonds is 4. The number of carboxylic acid groups (broad SMARTS) is 1. The summed E-state index contributed by atoms with van der Waals surface area (Å²) in [5.41, 5.74) is 6.86. The van der Waals surface area contributed by atoms with Crippen LogP contribution in [0.25, 0.3) is 54.9 Å². The lowest BCUT2D eigenvalue weighted by Crippen LogP contribution is -2.46. The van der Waals surface area contributed by atoms with Crippen LogP contribution in [0.3, 0.4) is 0 Å². The Morgan fingerprint density at radius 3 is 2.02 bits per heavy atom. The van der Waals surface area contributed by atoms with Gasteiger partial charge in [0.25, 0.3) is 6.47 Å². The first-order valence-corrected chi connectivity index (χ1v) is 20.2. The third-order valence-electron chi connectivity index (χ3n) is 13.2. The van der Waals surface area contributed by atoms with Crippen LogP contribution < -0.4 is 31.3 Å². The van der Waals surface area contributed by atoms with Crippen molar-refractivity contribution in [2.45, 2.75) is 11.3 Å². The van der Waals surface area contributed by atoms with Gasteiger partial charge in [0, 0.05) is 49.6 Å². The number of allylic oxidation sites excluding steroid dienone is 2. The van der Waals surface area contributed by atoms with Crippen molar-refractivity contribution in [3.8, 4) is 28.0 Å². The van der Waals surface area contributed by atoms with Gasteiger partial charge in [0.2, 0.25) is 5.78 Å². The molecule has 8 aromatic rings. The van der Waals surface area contributed by atoms with E-state index in [0.717, 1.165) is 66.3 Å². The third kappa shape index (κ3) is 4.12. The lowest BCUT2D eigenvalue weighted by Gasteiger charge is -2.42. The van der Waals surface area contributed by atoms with E-state index >= 15 is 0 Å². The number of hydrogen-bond acceptors (Lipinski definition) is 9.